The van der Waals surface area contributed by atoms with Crippen LogP contribution >= 0.6 is 0 Å². The van der Waals surface area contributed by atoms with Gasteiger partial charge in [-0.15, -0.1) is 0 Å². The van der Waals surface area contributed by atoms with Gasteiger partial charge >= 0.3 is 6.09 Å². The number of nitrogens with one attached hydrogen (secondary N) is 2. The van der Waals surface area contributed by atoms with Crippen molar-refractivity contribution >= 4 is 17.7 Å². The van der Waals surface area contributed by atoms with Crippen molar-refractivity contribution in [2.24, 2.45) is 0 Å². The molecule has 2 atom stereocenters. The van der Waals surface area contributed by atoms with Crippen molar-refractivity contribution in [3.63, 3.8) is 0 Å². The SMILES string of the molecule is CCC(=O)NCC1COC(=O)N1c1cc(F)c(C2C=CNC2)c(F)c1. The Bertz CT molecular complexity index is 700. The van der Waals surface area contributed by atoms with Crippen LogP contribution < -0.4 is 15.5 Å². The van der Waals surface area contributed by atoms with Gasteiger partial charge in [0.05, 0.1) is 11.7 Å². The highest BCUT2D eigenvalue weighted by atomic mass is 19.1. The Kier molecular flexibility index (Phi) is 4.87. The summed E-state index contributed by atoms with van der Waals surface area (Å²) in [7, 11) is 0. The normalized spacial score (nSPS) is 22.0. The molecular formula is C17H19F2N3O3. The van der Waals surface area contributed by atoms with E-state index in [0.717, 1.165) is 12.1 Å². The van der Waals surface area contributed by atoms with Crippen LogP contribution in [-0.4, -0.2) is 37.7 Å². The monoisotopic (exact) mass is 351 g/mol. The molecule has 0 aliphatic carbocycles. The molecule has 0 radical (unpaired) electrons. The van der Waals surface area contributed by atoms with Crippen molar-refractivity contribution in [3.05, 3.63) is 41.6 Å². The number of benzene rings is 1. The average Bonchev–Trinajstić information content (AvgIpc) is 3.21. The molecule has 1 saturated heterocycles. The van der Waals surface area contributed by atoms with Crippen LogP contribution in [-0.2, 0) is 9.53 Å². The van der Waals surface area contributed by atoms with Gasteiger partial charge in [0.15, 0.2) is 0 Å². The number of carbonyl (C=O) groups excluding carboxylic acids is 2. The van der Waals surface area contributed by atoms with Crippen LogP contribution in [0.5, 0.6) is 0 Å². The summed E-state index contributed by atoms with van der Waals surface area (Å²) >= 11 is 0. The van der Waals surface area contributed by atoms with Crippen molar-refractivity contribution < 1.29 is 23.1 Å². The number of cyclic esters (lactones) is 1. The number of hydrogen-bond acceptors (Lipinski definition) is 4. The Hall–Kier alpha value is -2.64. The quantitative estimate of drug-likeness (QED) is 0.851. The second kappa shape index (κ2) is 7.08. The smallest absolute Gasteiger partial charge is 0.414 e. The zero-order valence-electron chi connectivity index (χ0n) is 13.7. The summed E-state index contributed by atoms with van der Waals surface area (Å²) in [6, 6.07) is 1.75. The van der Waals surface area contributed by atoms with Crippen LogP contribution in [0.25, 0.3) is 0 Å². The van der Waals surface area contributed by atoms with Crippen LogP contribution in [0.3, 0.4) is 0 Å². The van der Waals surface area contributed by atoms with E-state index in [4.69, 9.17) is 4.74 Å². The van der Waals surface area contributed by atoms with Crippen molar-refractivity contribution in [3.8, 4) is 0 Å². The number of hydrogen-bond donors (Lipinski definition) is 2. The molecule has 2 aliphatic rings. The first-order valence-electron chi connectivity index (χ1n) is 8.13. The van der Waals surface area contributed by atoms with E-state index in [0.29, 0.717) is 13.0 Å². The van der Waals surface area contributed by atoms with Gasteiger partial charge in [0, 0.05) is 31.0 Å². The molecule has 0 spiro atoms. The topological polar surface area (TPSA) is 70.7 Å². The molecule has 0 aromatic heterocycles. The minimum Gasteiger partial charge on any atom is -0.447 e. The predicted molar refractivity (Wildman–Crippen MR) is 87.2 cm³/mol. The van der Waals surface area contributed by atoms with E-state index >= 15 is 0 Å². The van der Waals surface area contributed by atoms with Crippen LogP contribution in [0.1, 0.15) is 24.8 Å². The first-order valence-corrected chi connectivity index (χ1v) is 8.13. The Morgan fingerprint density at radius 2 is 2.12 bits per heavy atom. The second-order valence-electron chi connectivity index (χ2n) is 5.96. The number of anilines is 1. The number of carbonyl (C=O) groups is 2. The first-order chi connectivity index (χ1) is 12.0. The summed E-state index contributed by atoms with van der Waals surface area (Å²) in [6.45, 7) is 2.33. The Morgan fingerprint density at radius 1 is 1.40 bits per heavy atom. The third-order valence-corrected chi connectivity index (χ3v) is 4.31. The Morgan fingerprint density at radius 3 is 2.72 bits per heavy atom. The van der Waals surface area contributed by atoms with Gasteiger partial charge in [0.2, 0.25) is 5.91 Å². The molecule has 6 nitrogen and oxygen atoms in total. The highest BCUT2D eigenvalue weighted by Gasteiger charge is 2.35. The van der Waals surface area contributed by atoms with Crippen molar-refractivity contribution in [2.45, 2.75) is 25.3 Å². The molecule has 2 heterocycles. The molecule has 25 heavy (non-hydrogen) atoms. The van der Waals surface area contributed by atoms with E-state index in [1.807, 2.05) is 0 Å². The number of nitrogens with zero attached hydrogens (tertiary/aromatic N) is 1. The van der Waals surface area contributed by atoms with Gasteiger partial charge in [-0.3, -0.25) is 9.69 Å². The van der Waals surface area contributed by atoms with E-state index in [-0.39, 0.29) is 36.2 Å². The summed E-state index contributed by atoms with van der Waals surface area (Å²) in [4.78, 5) is 24.6. The maximum atomic E-state index is 14.5. The summed E-state index contributed by atoms with van der Waals surface area (Å²) in [5, 5.41) is 5.57. The molecule has 2 aliphatic heterocycles. The predicted octanol–water partition coefficient (Wildman–Crippen LogP) is 2.02. The van der Waals surface area contributed by atoms with Crippen molar-refractivity contribution in [2.75, 3.05) is 24.6 Å². The summed E-state index contributed by atoms with van der Waals surface area (Å²) in [5.74, 6) is -2.00. The molecule has 3 rings (SSSR count). The average molecular weight is 351 g/mol. The summed E-state index contributed by atoms with van der Waals surface area (Å²) in [6.07, 6.45) is 2.96. The number of rotatable bonds is 5. The van der Waals surface area contributed by atoms with Gasteiger partial charge in [-0.25, -0.2) is 13.6 Å². The van der Waals surface area contributed by atoms with E-state index in [9.17, 15) is 18.4 Å². The van der Waals surface area contributed by atoms with E-state index in [1.165, 1.54) is 4.90 Å². The molecule has 134 valence electrons. The Labute approximate surface area is 143 Å². The van der Waals surface area contributed by atoms with Crippen LogP contribution in [0, 0.1) is 11.6 Å². The molecule has 2 amide bonds. The molecule has 0 saturated carbocycles. The third kappa shape index (κ3) is 3.42. The van der Waals surface area contributed by atoms with Gasteiger partial charge < -0.3 is 15.4 Å². The van der Waals surface area contributed by atoms with Gasteiger partial charge in [-0.1, -0.05) is 13.0 Å². The van der Waals surface area contributed by atoms with Gasteiger partial charge in [0.1, 0.15) is 18.2 Å². The molecular weight excluding hydrogens is 332 g/mol. The fraction of sp³-hybridized carbons (Fsp3) is 0.412. The highest BCUT2D eigenvalue weighted by molar-refractivity contribution is 5.90. The van der Waals surface area contributed by atoms with Crippen LogP contribution in [0.4, 0.5) is 19.3 Å². The second-order valence-corrected chi connectivity index (χ2v) is 5.96. The molecule has 8 heteroatoms. The maximum absolute atomic E-state index is 14.5. The number of ether oxygens (including phenoxy) is 1. The van der Waals surface area contributed by atoms with Crippen molar-refractivity contribution in [1.82, 2.24) is 10.6 Å². The molecule has 1 aromatic rings. The number of halogens is 2. The third-order valence-electron chi connectivity index (χ3n) is 4.31. The lowest BCUT2D eigenvalue weighted by Crippen LogP contribution is -2.42. The molecule has 1 aromatic carbocycles. The summed E-state index contributed by atoms with van der Waals surface area (Å²) < 4.78 is 34.0. The fourth-order valence-electron chi connectivity index (χ4n) is 2.99. The largest absolute Gasteiger partial charge is 0.447 e. The van der Waals surface area contributed by atoms with E-state index in [1.54, 1.807) is 19.2 Å². The molecule has 2 N–H and O–H groups in total. The zero-order valence-corrected chi connectivity index (χ0v) is 13.7. The van der Waals surface area contributed by atoms with Crippen LogP contribution in [0.2, 0.25) is 0 Å². The van der Waals surface area contributed by atoms with Gasteiger partial charge in [0.25, 0.3) is 0 Å². The summed E-state index contributed by atoms with van der Waals surface area (Å²) in [5.41, 5.74) is 0.0420. The lowest BCUT2D eigenvalue weighted by atomic mass is 9.98. The molecule has 0 bridgehead atoms. The van der Waals surface area contributed by atoms with Gasteiger partial charge in [-0.05, 0) is 18.3 Å². The molecule has 2 unspecified atom stereocenters. The lowest BCUT2D eigenvalue weighted by Gasteiger charge is -2.23. The fourth-order valence-corrected chi connectivity index (χ4v) is 2.99. The van der Waals surface area contributed by atoms with E-state index < -0.39 is 23.8 Å². The van der Waals surface area contributed by atoms with Gasteiger partial charge in [-0.2, -0.15) is 0 Å². The standard InChI is InChI=1S/C17H19F2N3O3/c1-2-15(23)21-8-12-9-25-17(24)22(12)11-5-13(18)16(14(19)6-11)10-3-4-20-7-10/h3-6,10,12,20H,2,7-9H2,1H3,(H,21,23). The minimum absolute atomic E-state index is 0.0339. The molecule has 1 fully saturated rings. The first kappa shape index (κ1) is 17.2. The Balaban J connectivity index is 1.85. The van der Waals surface area contributed by atoms with E-state index in [2.05, 4.69) is 10.6 Å². The minimum atomic E-state index is -0.718. The maximum Gasteiger partial charge on any atom is 0.414 e. The zero-order chi connectivity index (χ0) is 18.0. The van der Waals surface area contributed by atoms with Crippen molar-refractivity contribution in [1.29, 1.82) is 0 Å². The van der Waals surface area contributed by atoms with Crippen LogP contribution in [0.15, 0.2) is 24.4 Å². The number of amides is 2. The lowest BCUT2D eigenvalue weighted by molar-refractivity contribution is -0.120. The highest BCUT2D eigenvalue weighted by Crippen LogP contribution is 2.31.